The van der Waals surface area contributed by atoms with E-state index in [4.69, 9.17) is 0 Å². The Kier molecular flexibility index (Phi) is 12.6. The lowest BCUT2D eigenvalue weighted by Crippen LogP contribution is -2.30. The molecule has 0 saturated heterocycles. The number of unbranched alkanes of at least 4 members (excludes halogenated alkanes) is 8. The summed E-state index contributed by atoms with van der Waals surface area (Å²) < 4.78 is 0. The van der Waals surface area contributed by atoms with E-state index >= 15 is 0 Å². The number of nitrogens with zero attached hydrogens (tertiary/aromatic N) is 1. The van der Waals surface area contributed by atoms with Gasteiger partial charge in [-0.15, -0.1) is 0 Å². The molecule has 0 heterocycles. The number of carbonyl (C=O) groups is 2. The third-order valence-corrected chi connectivity index (χ3v) is 5.88. The van der Waals surface area contributed by atoms with Crippen molar-refractivity contribution in [1.82, 2.24) is 0 Å². The third-order valence-electron chi connectivity index (χ3n) is 5.88. The molecule has 2 rings (SSSR count). The van der Waals surface area contributed by atoms with Gasteiger partial charge in [0.2, 0.25) is 5.91 Å². The SMILES string of the molecule is CCCCCCCCC#Cc1ccc(CN(C(=O)CCCCC)c2cccc(C(=O)O)c2)cc1. The first-order valence-electron chi connectivity index (χ1n) is 12.8. The highest BCUT2D eigenvalue weighted by atomic mass is 16.4. The molecule has 0 saturated carbocycles. The molecular formula is C30H39NO3. The molecule has 0 unspecified atom stereocenters. The minimum atomic E-state index is -0.996. The van der Waals surface area contributed by atoms with Gasteiger partial charge in [-0.25, -0.2) is 4.79 Å². The molecule has 2 aromatic rings. The van der Waals surface area contributed by atoms with Crippen molar-refractivity contribution in [2.45, 2.75) is 91.0 Å². The Morgan fingerprint density at radius 3 is 2.24 bits per heavy atom. The normalized spacial score (nSPS) is 10.4. The number of carboxylic acid groups (broad SMARTS) is 1. The van der Waals surface area contributed by atoms with E-state index in [0.29, 0.717) is 18.7 Å². The maximum absolute atomic E-state index is 13.0. The monoisotopic (exact) mass is 461 g/mol. The van der Waals surface area contributed by atoms with Gasteiger partial charge >= 0.3 is 5.97 Å². The summed E-state index contributed by atoms with van der Waals surface area (Å²) in [7, 11) is 0. The molecule has 4 heteroatoms. The number of anilines is 1. The van der Waals surface area contributed by atoms with Crippen LogP contribution in [0.1, 0.15) is 106 Å². The van der Waals surface area contributed by atoms with Gasteiger partial charge in [-0.2, -0.15) is 0 Å². The molecule has 1 N–H and O–H groups in total. The van der Waals surface area contributed by atoms with Crippen LogP contribution in [0.25, 0.3) is 0 Å². The number of carboxylic acids is 1. The highest BCUT2D eigenvalue weighted by molar-refractivity contribution is 5.95. The van der Waals surface area contributed by atoms with Crippen LogP contribution in [0.2, 0.25) is 0 Å². The summed E-state index contributed by atoms with van der Waals surface area (Å²) in [4.78, 5) is 26.1. The fraction of sp³-hybridized carbons (Fsp3) is 0.467. The summed E-state index contributed by atoms with van der Waals surface area (Å²) in [6, 6.07) is 14.6. The van der Waals surface area contributed by atoms with Crippen LogP contribution >= 0.6 is 0 Å². The van der Waals surface area contributed by atoms with Crippen molar-refractivity contribution in [2.24, 2.45) is 0 Å². The van der Waals surface area contributed by atoms with E-state index in [2.05, 4.69) is 25.7 Å². The lowest BCUT2D eigenvalue weighted by molar-refractivity contribution is -0.118. The van der Waals surface area contributed by atoms with Crippen LogP contribution in [0.4, 0.5) is 5.69 Å². The van der Waals surface area contributed by atoms with Crippen LogP contribution in [0, 0.1) is 11.8 Å². The van der Waals surface area contributed by atoms with E-state index < -0.39 is 5.97 Å². The largest absolute Gasteiger partial charge is 0.478 e. The second kappa shape index (κ2) is 15.7. The smallest absolute Gasteiger partial charge is 0.335 e. The Bertz CT molecular complexity index is 953. The Balaban J connectivity index is 2.03. The van der Waals surface area contributed by atoms with Gasteiger partial charge in [-0.05, 0) is 48.7 Å². The number of aromatic carboxylic acids is 1. The lowest BCUT2D eigenvalue weighted by Gasteiger charge is -2.23. The minimum absolute atomic E-state index is 0.0128. The van der Waals surface area contributed by atoms with Crippen molar-refractivity contribution < 1.29 is 14.7 Å². The molecule has 0 bridgehead atoms. The summed E-state index contributed by atoms with van der Waals surface area (Å²) in [5, 5.41) is 9.36. The molecule has 0 radical (unpaired) electrons. The predicted molar refractivity (Wildman–Crippen MR) is 140 cm³/mol. The van der Waals surface area contributed by atoms with Crippen LogP contribution in [0.5, 0.6) is 0 Å². The van der Waals surface area contributed by atoms with Crippen molar-refractivity contribution >= 4 is 17.6 Å². The number of benzene rings is 2. The van der Waals surface area contributed by atoms with Gasteiger partial charge in [-0.1, -0.05) is 88.8 Å². The molecule has 0 aliphatic carbocycles. The van der Waals surface area contributed by atoms with Gasteiger partial charge in [0, 0.05) is 24.1 Å². The first-order valence-corrected chi connectivity index (χ1v) is 12.8. The van der Waals surface area contributed by atoms with Gasteiger partial charge in [-0.3, -0.25) is 4.79 Å². The zero-order valence-corrected chi connectivity index (χ0v) is 20.8. The number of hydrogen-bond donors (Lipinski definition) is 1. The molecule has 0 aromatic heterocycles. The summed E-state index contributed by atoms with van der Waals surface area (Å²) in [5.74, 6) is 5.53. The first kappa shape index (κ1) is 27.2. The number of rotatable bonds is 14. The van der Waals surface area contributed by atoms with Crippen LogP contribution in [0.15, 0.2) is 48.5 Å². The van der Waals surface area contributed by atoms with Gasteiger partial charge in [0.15, 0.2) is 0 Å². The quantitative estimate of drug-likeness (QED) is 0.233. The summed E-state index contributed by atoms with van der Waals surface area (Å²) in [6.45, 7) is 4.74. The van der Waals surface area contributed by atoms with Gasteiger partial charge in [0.05, 0.1) is 12.1 Å². The topological polar surface area (TPSA) is 57.6 Å². The highest BCUT2D eigenvalue weighted by Crippen LogP contribution is 2.21. The molecule has 0 atom stereocenters. The predicted octanol–water partition coefficient (Wildman–Crippen LogP) is 7.60. The van der Waals surface area contributed by atoms with Crippen molar-refractivity contribution in [1.29, 1.82) is 0 Å². The molecule has 182 valence electrons. The van der Waals surface area contributed by atoms with Gasteiger partial charge < -0.3 is 10.0 Å². The Labute approximate surface area is 205 Å². The first-order chi connectivity index (χ1) is 16.5. The van der Waals surface area contributed by atoms with Crippen molar-refractivity contribution in [3.8, 4) is 11.8 Å². The van der Waals surface area contributed by atoms with Crippen LogP contribution in [-0.4, -0.2) is 17.0 Å². The van der Waals surface area contributed by atoms with E-state index in [1.807, 2.05) is 24.3 Å². The van der Waals surface area contributed by atoms with E-state index in [1.165, 1.54) is 32.1 Å². The van der Waals surface area contributed by atoms with Crippen LogP contribution in [0.3, 0.4) is 0 Å². The molecule has 0 aliphatic rings. The maximum Gasteiger partial charge on any atom is 0.335 e. The second-order valence-corrected chi connectivity index (χ2v) is 8.81. The number of hydrogen-bond acceptors (Lipinski definition) is 2. The summed E-state index contributed by atoms with van der Waals surface area (Å²) in [6.07, 6.45) is 11.9. The second-order valence-electron chi connectivity index (χ2n) is 8.81. The molecule has 0 spiro atoms. The van der Waals surface area contributed by atoms with E-state index in [1.54, 1.807) is 29.2 Å². The Hall–Kier alpha value is -3.06. The van der Waals surface area contributed by atoms with Gasteiger partial charge in [0.25, 0.3) is 0 Å². The maximum atomic E-state index is 13.0. The third kappa shape index (κ3) is 9.83. The number of carbonyl (C=O) groups excluding carboxylic acids is 1. The van der Waals surface area contributed by atoms with Crippen LogP contribution in [-0.2, 0) is 11.3 Å². The number of amides is 1. The van der Waals surface area contributed by atoms with E-state index in [-0.39, 0.29) is 11.5 Å². The van der Waals surface area contributed by atoms with Crippen molar-refractivity contribution in [3.05, 3.63) is 65.2 Å². The Morgan fingerprint density at radius 2 is 1.53 bits per heavy atom. The average molecular weight is 462 g/mol. The van der Waals surface area contributed by atoms with E-state index in [9.17, 15) is 14.7 Å². The molecule has 0 fully saturated rings. The molecule has 4 nitrogen and oxygen atoms in total. The standard InChI is InChI=1S/C30H39NO3/c1-3-5-7-8-9-10-11-13-15-25-19-21-26(22-20-25)24-31(29(32)18-12-6-4-2)28-17-14-16-27(23-28)30(33)34/h14,16-17,19-23H,3-12,18,24H2,1-2H3,(H,33,34). The zero-order valence-electron chi connectivity index (χ0n) is 20.8. The van der Waals surface area contributed by atoms with E-state index in [0.717, 1.165) is 43.2 Å². The average Bonchev–Trinajstić information content (AvgIpc) is 2.85. The molecule has 34 heavy (non-hydrogen) atoms. The fourth-order valence-corrected chi connectivity index (χ4v) is 3.83. The van der Waals surface area contributed by atoms with Crippen LogP contribution < -0.4 is 4.90 Å². The summed E-state index contributed by atoms with van der Waals surface area (Å²) in [5.41, 5.74) is 2.76. The molecule has 2 aromatic carbocycles. The van der Waals surface area contributed by atoms with Crippen molar-refractivity contribution in [3.63, 3.8) is 0 Å². The van der Waals surface area contributed by atoms with Gasteiger partial charge in [0.1, 0.15) is 0 Å². The lowest BCUT2D eigenvalue weighted by atomic mass is 10.1. The fourth-order valence-electron chi connectivity index (χ4n) is 3.83. The minimum Gasteiger partial charge on any atom is -0.478 e. The Morgan fingerprint density at radius 1 is 0.853 bits per heavy atom. The highest BCUT2D eigenvalue weighted by Gasteiger charge is 2.17. The molecule has 0 aliphatic heterocycles. The zero-order chi connectivity index (χ0) is 24.6. The summed E-state index contributed by atoms with van der Waals surface area (Å²) >= 11 is 0. The molecular weight excluding hydrogens is 422 g/mol. The van der Waals surface area contributed by atoms with Crippen molar-refractivity contribution in [2.75, 3.05) is 4.90 Å². The molecule has 1 amide bonds.